The Morgan fingerprint density at radius 1 is 0.792 bits per heavy atom. The van der Waals surface area contributed by atoms with Gasteiger partial charge >= 0.3 is 0 Å². The van der Waals surface area contributed by atoms with E-state index in [0.717, 1.165) is 11.1 Å². The molecule has 0 bridgehead atoms. The van der Waals surface area contributed by atoms with Gasteiger partial charge in [0, 0.05) is 12.4 Å². The lowest BCUT2D eigenvalue weighted by Gasteiger charge is -2.21. The van der Waals surface area contributed by atoms with Gasteiger partial charge in [-0.25, -0.2) is 0 Å². The van der Waals surface area contributed by atoms with Crippen LogP contribution in [0.4, 0.5) is 0 Å². The summed E-state index contributed by atoms with van der Waals surface area (Å²) in [6.45, 7) is 0. The van der Waals surface area contributed by atoms with Crippen LogP contribution >= 0.6 is 0 Å². The van der Waals surface area contributed by atoms with Crippen molar-refractivity contribution >= 4 is 5.91 Å². The van der Waals surface area contributed by atoms with Gasteiger partial charge < -0.3 is 10.4 Å². The summed E-state index contributed by atoms with van der Waals surface area (Å²) in [6.07, 6.45) is 2.16. The Morgan fingerprint density at radius 3 is 1.88 bits per heavy atom. The van der Waals surface area contributed by atoms with Crippen molar-refractivity contribution in [2.75, 3.05) is 0 Å². The first-order valence-electron chi connectivity index (χ1n) is 7.74. The van der Waals surface area contributed by atoms with E-state index in [9.17, 15) is 9.90 Å². The minimum absolute atomic E-state index is 0.347. The zero-order valence-electron chi connectivity index (χ0n) is 13.0. The van der Waals surface area contributed by atoms with E-state index in [2.05, 4.69) is 10.3 Å². The minimum atomic E-state index is -1.21. The largest absolute Gasteiger partial charge is 0.378 e. The van der Waals surface area contributed by atoms with E-state index >= 15 is 0 Å². The van der Waals surface area contributed by atoms with Crippen LogP contribution in [0.15, 0.2) is 85.2 Å². The van der Waals surface area contributed by atoms with Crippen LogP contribution in [0.1, 0.15) is 28.8 Å². The van der Waals surface area contributed by atoms with Gasteiger partial charge in [0.1, 0.15) is 0 Å². The number of benzene rings is 2. The summed E-state index contributed by atoms with van der Waals surface area (Å²) >= 11 is 0. The highest BCUT2D eigenvalue weighted by molar-refractivity contribution is 5.82. The van der Waals surface area contributed by atoms with Gasteiger partial charge in [0.2, 0.25) is 0 Å². The molecule has 0 fully saturated rings. The van der Waals surface area contributed by atoms with Crippen molar-refractivity contribution in [3.8, 4) is 0 Å². The Bertz CT molecular complexity index is 737. The maximum absolute atomic E-state index is 12.5. The van der Waals surface area contributed by atoms with Crippen LogP contribution in [0, 0.1) is 0 Å². The number of nitrogens with one attached hydrogen (secondary N) is 1. The molecule has 0 saturated heterocycles. The number of amides is 1. The maximum atomic E-state index is 12.5. The lowest BCUT2D eigenvalue weighted by atomic mass is 9.99. The van der Waals surface area contributed by atoms with Crippen molar-refractivity contribution in [1.29, 1.82) is 0 Å². The van der Waals surface area contributed by atoms with Crippen LogP contribution in [-0.4, -0.2) is 16.0 Å². The number of aliphatic hydroxyl groups is 1. The summed E-state index contributed by atoms with van der Waals surface area (Å²) < 4.78 is 0. The average molecular weight is 318 g/mol. The number of aromatic nitrogens is 1. The van der Waals surface area contributed by atoms with E-state index in [0.29, 0.717) is 5.56 Å². The fraction of sp³-hybridized carbons (Fsp3) is 0.100. The fourth-order valence-corrected chi connectivity index (χ4v) is 2.57. The van der Waals surface area contributed by atoms with Crippen LogP contribution in [-0.2, 0) is 4.79 Å². The molecule has 3 rings (SSSR count). The standard InChI is InChI=1S/C20H18N2O2/c23-19(17-9-5-2-6-10-17)20(24)22-18(15-7-3-1-4-8-15)16-11-13-21-14-12-16/h1-14,18-19,23H,(H,22,24). The van der Waals surface area contributed by atoms with Crippen LogP contribution in [0.2, 0.25) is 0 Å². The number of carbonyl (C=O) groups is 1. The minimum Gasteiger partial charge on any atom is -0.378 e. The Hall–Kier alpha value is -2.98. The van der Waals surface area contributed by atoms with Crippen molar-refractivity contribution in [2.45, 2.75) is 12.1 Å². The Balaban J connectivity index is 1.86. The second-order valence-corrected chi connectivity index (χ2v) is 5.45. The molecule has 1 amide bonds. The molecule has 24 heavy (non-hydrogen) atoms. The van der Waals surface area contributed by atoms with Crippen molar-refractivity contribution < 1.29 is 9.90 Å². The second-order valence-electron chi connectivity index (χ2n) is 5.45. The number of hydrogen-bond acceptors (Lipinski definition) is 3. The van der Waals surface area contributed by atoms with Crippen LogP contribution in [0.25, 0.3) is 0 Å². The van der Waals surface area contributed by atoms with Gasteiger partial charge in [-0.15, -0.1) is 0 Å². The molecule has 2 N–H and O–H groups in total. The first kappa shape index (κ1) is 15.9. The van der Waals surface area contributed by atoms with E-state index in [4.69, 9.17) is 0 Å². The van der Waals surface area contributed by atoms with Gasteiger partial charge in [-0.2, -0.15) is 0 Å². The predicted molar refractivity (Wildman–Crippen MR) is 92.1 cm³/mol. The highest BCUT2D eigenvalue weighted by Gasteiger charge is 2.22. The van der Waals surface area contributed by atoms with E-state index in [1.54, 1.807) is 36.7 Å². The summed E-state index contributed by atoms with van der Waals surface area (Å²) in [5.74, 6) is -0.438. The number of aliphatic hydroxyl groups excluding tert-OH is 1. The van der Waals surface area contributed by atoms with E-state index in [-0.39, 0.29) is 6.04 Å². The first-order valence-corrected chi connectivity index (χ1v) is 7.74. The molecule has 4 nitrogen and oxygen atoms in total. The number of rotatable bonds is 5. The van der Waals surface area contributed by atoms with Gasteiger partial charge in [0.05, 0.1) is 6.04 Å². The van der Waals surface area contributed by atoms with E-state index in [1.165, 1.54) is 0 Å². The first-order chi connectivity index (χ1) is 11.8. The normalized spacial score (nSPS) is 13.0. The third-order valence-corrected chi connectivity index (χ3v) is 3.82. The Kier molecular flexibility index (Phi) is 4.99. The van der Waals surface area contributed by atoms with Crippen LogP contribution in [0.3, 0.4) is 0 Å². The smallest absolute Gasteiger partial charge is 0.254 e. The number of nitrogens with zero attached hydrogens (tertiary/aromatic N) is 1. The maximum Gasteiger partial charge on any atom is 0.254 e. The molecule has 0 radical (unpaired) electrons. The lowest BCUT2D eigenvalue weighted by molar-refractivity contribution is -0.130. The summed E-state index contributed by atoms with van der Waals surface area (Å²) in [6, 6.07) is 21.9. The van der Waals surface area contributed by atoms with Crippen LogP contribution in [0.5, 0.6) is 0 Å². The molecule has 1 heterocycles. The molecule has 4 heteroatoms. The highest BCUT2D eigenvalue weighted by Crippen LogP contribution is 2.23. The molecule has 1 aromatic heterocycles. The molecule has 0 saturated carbocycles. The zero-order chi connectivity index (χ0) is 16.8. The third-order valence-electron chi connectivity index (χ3n) is 3.82. The quantitative estimate of drug-likeness (QED) is 0.760. The Labute approximate surface area is 140 Å². The monoisotopic (exact) mass is 318 g/mol. The van der Waals surface area contributed by atoms with Crippen molar-refractivity contribution in [2.24, 2.45) is 0 Å². The number of carbonyl (C=O) groups excluding carboxylic acids is 1. The average Bonchev–Trinajstić information content (AvgIpc) is 2.67. The molecule has 0 aliphatic heterocycles. The van der Waals surface area contributed by atoms with Crippen molar-refractivity contribution in [3.63, 3.8) is 0 Å². The predicted octanol–water partition coefficient (Wildman–Crippen LogP) is 3.02. The molecule has 3 aromatic rings. The second kappa shape index (κ2) is 7.53. The molecule has 120 valence electrons. The molecular weight excluding hydrogens is 300 g/mol. The molecule has 0 aliphatic carbocycles. The summed E-state index contributed by atoms with van der Waals surface area (Å²) in [5, 5.41) is 13.2. The van der Waals surface area contributed by atoms with Gasteiger partial charge in [0.15, 0.2) is 6.10 Å². The van der Waals surface area contributed by atoms with Crippen molar-refractivity contribution in [3.05, 3.63) is 102 Å². The third kappa shape index (κ3) is 3.67. The summed E-state index contributed by atoms with van der Waals surface area (Å²) in [4.78, 5) is 16.5. The number of hydrogen-bond donors (Lipinski definition) is 2. The molecule has 0 spiro atoms. The lowest BCUT2D eigenvalue weighted by Crippen LogP contribution is -2.33. The SMILES string of the molecule is O=C(NC(c1ccccc1)c1ccncc1)C(O)c1ccccc1. The van der Waals surface area contributed by atoms with Gasteiger partial charge in [0.25, 0.3) is 5.91 Å². The molecule has 2 atom stereocenters. The Morgan fingerprint density at radius 2 is 1.29 bits per heavy atom. The van der Waals surface area contributed by atoms with Crippen molar-refractivity contribution in [1.82, 2.24) is 10.3 Å². The summed E-state index contributed by atoms with van der Waals surface area (Å²) in [7, 11) is 0. The van der Waals surface area contributed by atoms with E-state index < -0.39 is 12.0 Å². The van der Waals surface area contributed by atoms with Gasteiger partial charge in [-0.3, -0.25) is 9.78 Å². The van der Waals surface area contributed by atoms with Gasteiger partial charge in [-0.1, -0.05) is 60.7 Å². The van der Waals surface area contributed by atoms with E-state index in [1.807, 2.05) is 48.5 Å². The topological polar surface area (TPSA) is 62.2 Å². The number of pyridine rings is 1. The zero-order valence-corrected chi connectivity index (χ0v) is 13.0. The molecule has 2 unspecified atom stereocenters. The molecule has 2 aromatic carbocycles. The highest BCUT2D eigenvalue weighted by atomic mass is 16.3. The fourth-order valence-electron chi connectivity index (χ4n) is 2.57. The molecular formula is C20H18N2O2. The summed E-state index contributed by atoms with van der Waals surface area (Å²) in [5.41, 5.74) is 2.42. The molecule has 0 aliphatic rings. The van der Waals surface area contributed by atoms with Crippen LogP contribution < -0.4 is 5.32 Å². The van der Waals surface area contributed by atoms with Gasteiger partial charge in [-0.05, 0) is 28.8 Å².